The van der Waals surface area contributed by atoms with Crippen LogP contribution in [0.25, 0.3) is 10.9 Å². The molecule has 10 nitrogen and oxygen atoms in total. The summed E-state index contributed by atoms with van der Waals surface area (Å²) in [7, 11) is 5.73. The fraction of sp³-hybridized carbons (Fsp3) is 0.382. The van der Waals surface area contributed by atoms with Crippen LogP contribution >= 0.6 is 0 Å². The van der Waals surface area contributed by atoms with E-state index in [1.807, 2.05) is 38.4 Å². The molecule has 10 heteroatoms. The summed E-state index contributed by atoms with van der Waals surface area (Å²) >= 11 is 0. The van der Waals surface area contributed by atoms with E-state index < -0.39 is 0 Å². The van der Waals surface area contributed by atoms with E-state index in [2.05, 4.69) is 80.6 Å². The van der Waals surface area contributed by atoms with Gasteiger partial charge in [0.05, 0.1) is 24.9 Å². The molecule has 1 saturated heterocycles. The minimum atomic E-state index is -0.0487. The normalized spacial score (nSPS) is 15.9. The van der Waals surface area contributed by atoms with Gasteiger partial charge in [0.15, 0.2) is 11.5 Å². The fourth-order valence-corrected chi connectivity index (χ4v) is 5.20. The third-order valence-electron chi connectivity index (χ3n) is 7.57. The summed E-state index contributed by atoms with van der Waals surface area (Å²) < 4.78 is 18.1. The molecule has 3 aromatic carbocycles. The Morgan fingerprint density at radius 2 is 1.84 bits per heavy atom. The lowest BCUT2D eigenvalue weighted by Crippen LogP contribution is -2.44. The number of aromatic nitrogens is 2. The number of methoxy groups -OCH3 is 1. The maximum absolute atomic E-state index is 6.28. The monoisotopic (exact) mass is 597 g/mol. The molecule has 2 N–H and O–H groups in total. The van der Waals surface area contributed by atoms with Crippen molar-refractivity contribution >= 4 is 28.4 Å². The predicted octanol–water partition coefficient (Wildman–Crippen LogP) is 4.79. The van der Waals surface area contributed by atoms with Crippen LogP contribution < -0.4 is 20.1 Å². The van der Waals surface area contributed by atoms with E-state index in [-0.39, 0.29) is 6.10 Å². The van der Waals surface area contributed by atoms with Crippen LogP contribution in [0, 0.1) is 13.8 Å². The molecule has 44 heavy (non-hydrogen) atoms. The first-order chi connectivity index (χ1) is 21.4. The summed E-state index contributed by atoms with van der Waals surface area (Å²) in [4.78, 5) is 18.6. The van der Waals surface area contributed by atoms with Crippen LogP contribution in [0.3, 0.4) is 0 Å². The molecule has 0 bridgehead atoms. The summed E-state index contributed by atoms with van der Waals surface area (Å²) in [5.41, 5.74) is 5.14. The molecular weight excluding hydrogens is 554 g/mol. The highest BCUT2D eigenvalue weighted by Gasteiger charge is 2.22. The highest BCUT2D eigenvalue weighted by molar-refractivity contribution is 6.02. The van der Waals surface area contributed by atoms with Crippen molar-refractivity contribution in [3.8, 4) is 11.5 Å². The van der Waals surface area contributed by atoms with Gasteiger partial charge in [0.25, 0.3) is 0 Å². The van der Waals surface area contributed by atoms with Crippen LogP contribution in [0.15, 0.2) is 72.0 Å². The number of anilines is 1. The fourth-order valence-electron chi connectivity index (χ4n) is 5.20. The second kappa shape index (κ2) is 15.0. The van der Waals surface area contributed by atoms with Gasteiger partial charge in [0.2, 0.25) is 5.96 Å². The van der Waals surface area contributed by atoms with Crippen LogP contribution in [-0.4, -0.2) is 92.4 Å². The molecule has 0 radical (unpaired) electrons. The first-order valence-corrected chi connectivity index (χ1v) is 15.0. The number of nitrogens with one attached hydrogen (secondary N) is 2. The van der Waals surface area contributed by atoms with Gasteiger partial charge in [-0.15, -0.1) is 0 Å². The van der Waals surface area contributed by atoms with Crippen molar-refractivity contribution in [1.82, 2.24) is 25.1 Å². The molecule has 1 aromatic heterocycles. The number of aliphatic imine (C=N–C) groups is 1. The third kappa shape index (κ3) is 8.22. The largest absolute Gasteiger partial charge is 0.493 e. The molecule has 232 valence electrons. The molecule has 1 unspecified atom stereocenters. The smallest absolute Gasteiger partial charge is 0.202 e. The van der Waals surface area contributed by atoms with E-state index in [4.69, 9.17) is 19.2 Å². The topological polar surface area (TPSA) is 96.4 Å². The van der Waals surface area contributed by atoms with Crippen molar-refractivity contribution in [3.05, 3.63) is 83.7 Å². The molecule has 4 aromatic rings. The zero-order valence-electron chi connectivity index (χ0n) is 26.3. The zero-order chi connectivity index (χ0) is 30.9. The number of hydrogen-bond acceptors (Lipinski definition) is 8. The third-order valence-corrected chi connectivity index (χ3v) is 7.57. The standard InChI is InChI=1S/C34H43N7O3/c1-24-10-9-11-25(2)32(24)38-34(35-14-15-40(3)4)39-33-28-18-30(42-5)31(19-29(28)36-23-37-33)44-22-27-21-41(16-17-43-27)20-26-12-7-6-8-13-26/h6-13,18-19,23,27H,14-17,20-22H2,1-5H3,(H2,35,36,37,38,39). The minimum absolute atomic E-state index is 0.0487. The Hall–Kier alpha value is -4.25. The Kier molecular flexibility index (Phi) is 10.6. The highest BCUT2D eigenvalue weighted by Crippen LogP contribution is 2.34. The second-order valence-corrected chi connectivity index (χ2v) is 11.3. The van der Waals surface area contributed by atoms with Gasteiger partial charge in [0, 0.05) is 44.2 Å². The summed E-state index contributed by atoms with van der Waals surface area (Å²) in [6, 6.07) is 20.5. The van der Waals surface area contributed by atoms with Crippen LogP contribution in [0.4, 0.5) is 11.5 Å². The van der Waals surface area contributed by atoms with Crippen molar-refractivity contribution < 1.29 is 14.2 Å². The Balaban J connectivity index is 1.34. The van der Waals surface area contributed by atoms with E-state index >= 15 is 0 Å². The number of aryl methyl sites for hydroxylation is 2. The molecule has 1 fully saturated rings. The van der Waals surface area contributed by atoms with E-state index in [0.29, 0.717) is 43.0 Å². The number of para-hydroxylation sites is 1. The van der Waals surface area contributed by atoms with Crippen LogP contribution in [0.5, 0.6) is 11.5 Å². The summed E-state index contributed by atoms with van der Waals surface area (Å²) in [6.07, 6.45) is 1.50. The second-order valence-electron chi connectivity index (χ2n) is 11.3. The Bertz CT molecular complexity index is 1540. The van der Waals surface area contributed by atoms with Crippen LogP contribution in [0.2, 0.25) is 0 Å². The number of likely N-dealkylation sites (N-methyl/N-ethyl adjacent to an activating group) is 1. The molecule has 2 heterocycles. The Morgan fingerprint density at radius 3 is 2.59 bits per heavy atom. The van der Waals surface area contributed by atoms with Gasteiger partial charge in [-0.25, -0.2) is 15.0 Å². The molecule has 5 rings (SSSR count). The Labute approximate surface area is 260 Å². The van der Waals surface area contributed by atoms with E-state index in [0.717, 1.165) is 53.9 Å². The van der Waals surface area contributed by atoms with E-state index in [1.54, 1.807) is 13.4 Å². The minimum Gasteiger partial charge on any atom is -0.493 e. The number of nitrogens with zero attached hydrogens (tertiary/aromatic N) is 5. The average molecular weight is 598 g/mol. The van der Waals surface area contributed by atoms with Crippen molar-refractivity contribution in [2.24, 2.45) is 4.99 Å². The number of hydrogen-bond donors (Lipinski definition) is 2. The summed E-state index contributed by atoms with van der Waals surface area (Å²) in [5, 5.41) is 7.67. The maximum atomic E-state index is 6.28. The lowest BCUT2D eigenvalue weighted by Gasteiger charge is -2.32. The number of morpholine rings is 1. The number of benzene rings is 3. The van der Waals surface area contributed by atoms with Crippen molar-refractivity contribution in [3.63, 3.8) is 0 Å². The average Bonchev–Trinajstić information content (AvgIpc) is 3.02. The summed E-state index contributed by atoms with van der Waals surface area (Å²) in [6.45, 7) is 9.36. The molecule has 0 saturated carbocycles. The Morgan fingerprint density at radius 1 is 1.05 bits per heavy atom. The first kappa shape index (κ1) is 31.2. The maximum Gasteiger partial charge on any atom is 0.202 e. The van der Waals surface area contributed by atoms with Gasteiger partial charge in [-0.2, -0.15) is 0 Å². The van der Waals surface area contributed by atoms with Crippen molar-refractivity contribution in [1.29, 1.82) is 0 Å². The van der Waals surface area contributed by atoms with Crippen LogP contribution in [0.1, 0.15) is 16.7 Å². The van der Waals surface area contributed by atoms with E-state index in [1.165, 1.54) is 5.56 Å². The number of rotatable bonds is 11. The van der Waals surface area contributed by atoms with Gasteiger partial charge in [0.1, 0.15) is 24.9 Å². The van der Waals surface area contributed by atoms with Gasteiger partial charge in [-0.3, -0.25) is 4.90 Å². The van der Waals surface area contributed by atoms with Gasteiger partial charge >= 0.3 is 0 Å². The lowest BCUT2D eigenvalue weighted by molar-refractivity contribution is -0.0506. The zero-order valence-corrected chi connectivity index (χ0v) is 26.3. The SMILES string of the molecule is COc1cc2c(NC(=Nc3c(C)cccc3C)NCCN(C)C)ncnc2cc1OCC1CN(Cc2ccccc2)CCO1. The molecule has 1 aliphatic heterocycles. The quantitative estimate of drug-likeness (QED) is 0.187. The number of ether oxygens (including phenoxy) is 3. The van der Waals surface area contributed by atoms with Crippen molar-refractivity contribution in [2.75, 3.05) is 65.9 Å². The molecular formula is C34H43N7O3. The molecule has 1 atom stereocenters. The van der Waals surface area contributed by atoms with Gasteiger partial charge < -0.3 is 29.7 Å². The molecule has 0 spiro atoms. The highest BCUT2D eigenvalue weighted by atomic mass is 16.5. The van der Waals surface area contributed by atoms with Gasteiger partial charge in [-0.05, 0) is 50.7 Å². The van der Waals surface area contributed by atoms with E-state index in [9.17, 15) is 0 Å². The van der Waals surface area contributed by atoms with Gasteiger partial charge in [-0.1, -0.05) is 48.5 Å². The molecule has 1 aliphatic rings. The van der Waals surface area contributed by atoms with Crippen LogP contribution in [-0.2, 0) is 11.3 Å². The summed E-state index contributed by atoms with van der Waals surface area (Å²) in [5.74, 6) is 2.44. The molecule has 0 aliphatic carbocycles. The number of guanidine groups is 1. The lowest BCUT2D eigenvalue weighted by atomic mass is 10.1. The number of fused-ring (bicyclic) bond motifs is 1. The molecule has 0 amide bonds. The van der Waals surface area contributed by atoms with Crippen molar-refractivity contribution in [2.45, 2.75) is 26.5 Å². The predicted molar refractivity (Wildman–Crippen MR) is 176 cm³/mol. The first-order valence-electron chi connectivity index (χ1n) is 15.0.